The fourth-order valence-corrected chi connectivity index (χ4v) is 4.43. The van der Waals surface area contributed by atoms with Crippen molar-refractivity contribution in [1.29, 1.82) is 0 Å². The summed E-state index contributed by atoms with van der Waals surface area (Å²) in [4.78, 5) is 6.26. The molecule has 1 fully saturated rings. The van der Waals surface area contributed by atoms with Gasteiger partial charge in [0, 0.05) is 28.7 Å². The Balaban J connectivity index is 1.75. The predicted octanol–water partition coefficient (Wildman–Crippen LogP) is 4.05. The molecule has 0 aliphatic carbocycles. The maximum Gasteiger partial charge on any atom is 0.187 e. The number of nitrogens with zero attached hydrogens (tertiary/aromatic N) is 1. The molecule has 0 radical (unpaired) electrons. The molecule has 1 aliphatic heterocycles. The lowest BCUT2D eigenvalue weighted by atomic mass is 9.99. The lowest BCUT2D eigenvalue weighted by Gasteiger charge is -2.18. The summed E-state index contributed by atoms with van der Waals surface area (Å²) in [6, 6.07) is 14.1. The highest BCUT2D eigenvalue weighted by atomic mass is 32.2. The van der Waals surface area contributed by atoms with Gasteiger partial charge in [0.1, 0.15) is 0 Å². The quantitative estimate of drug-likeness (QED) is 0.695. The van der Waals surface area contributed by atoms with Crippen LogP contribution in [0.15, 0.2) is 53.6 Å². The number of likely N-dealkylation sites (tertiary alicyclic amines) is 1. The molecule has 0 bridgehead atoms. The van der Waals surface area contributed by atoms with E-state index in [1.165, 1.54) is 30.3 Å². The van der Waals surface area contributed by atoms with Gasteiger partial charge in [0.15, 0.2) is 11.1 Å². The van der Waals surface area contributed by atoms with E-state index in [2.05, 4.69) is 35.3 Å². The highest BCUT2D eigenvalue weighted by Crippen LogP contribution is 2.31. The first-order valence-corrected chi connectivity index (χ1v) is 9.74. The zero-order valence-electron chi connectivity index (χ0n) is 14.2. The van der Waals surface area contributed by atoms with E-state index in [1.54, 1.807) is 12.1 Å². The third-order valence-electron chi connectivity index (χ3n) is 5.28. The van der Waals surface area contributed by atoms with Gasteiger partial charge in [-0.05, 0) is 62.2 Å². The van der Waals surface area contributed by atoms with Gasteiger partial charge in [0.05, 0.1) is 4.90 Å². The van der Waals surface area contributed by atoms with E-state index in [4.69, 9.17) is 0 Å². The number of fused-ring (bicyclic) bond motifs is 1. The van der Waals surface area contributed by atoms with E-state index in [1.807, 2.05) is 18.2 Å². The van der Waals surface area contributed by atoms with E-state index < -0.39 is 11.1 Å². The molecular formula is C20H22N2O2S. The van der Waals surface area contributed by atoms with Crippen LogP contribution in [-0.4, -0.2) is 38.3 Å². The van der Waals surface area contributed by atoms with E-state index >= 15 is 0 Å². The molecule has 1 unspecified atom stereocenters. The summed E-state index contributed by atoms with van der Waals surface area (Å²) in [5, 5.41) is 1.20. The summed E-state index contributed by atoms with van der Waals surface area (Å²) < 4.78 is 21.2. The fraction of sp³-hybridized carbons (Fsp3) is 0.300. The Morgan fingerprint density at radius 2 is 2.12 bits per heavy atom. The Labute approximate surface area is 150 Å². The molecule has 2 N–H and O–H groups in total. The molecule has 4 nitrogen and oxygen atoms in total. The highest BCUT2D eigenvalue weighted by molar-refractivity contribution is 7.79. The van der Waals surface area contributed by atoms with Crippen molar-refractivity contribution in [2.75, 3.05) is 13.6 Å². The van der Waals surface area contributed by atoms with Crippen LogP contribution in [0.2, 0.25) is 0 Å². The second-order valence-electron chi connectivity index (χ2n) is 6.80. The summed E-state index contributed by atoms with van der Waals surface area (Å²) in [6.45, 7) is 1.17. The van der Waals surface area contributed by atoms with Gasteiger partial charge in [-0.25, -0.2) is 4.21 Å². The Morgan fingerprint density at radius 1 is 1.28 bits per heavy atom. The minimum atomic E-state index is -1.99. The van der Waals surface area contributed by atoms with Crippen molar-refractivity contribution in [3.63, 3.8) is 0 Å². The Bertz CT molecular complexity index is 934. The van der Waals surface area contributed by atoms with E-state index in [9.17, 15) is 8.76 Å². The average Bonchev–Trinajstić information content (AvgIpc) is 3.21. The number of benzene rings is 2. The predicted molar refractivity (Wildman–Crippen MR) is 102 cm³/mol. The molecule has 4 rings (SSSR count). The molecule has 2 aromatic carbocycles. The van der Waals surface area contributed by atoms with Gasteiger partial charge >= 0.3 is 0 Å². The van der Waals surface area contributed by atoms with E-state index in [0.717, 1.165) is 23.1 Å². The summed E-state index contributed by atoms with van der Waals surface area (Å²) in [7, 11) is 2.20. The van der Waals surface area contributed by atoms with Crippen molar-refractivity contribution >= 4 is 22.0 Å². The number of aromatic amines is 1. The maximum atomic E-state index is 11.6. The van der Waals surface area contributed by atoms with Crippen LogP contribution in [0.1, 0.15) is 18.4 Å². The van der Waals surface area contributed by atoms with Gasteiger partial charge in [-0.15, -0.1) is 0 Å². The maximum absolute atomic E-state index is 11.6. The van der Waals surface area contributed by atoms with Gasteiger partial charge in [-0.1, -0.05) is 24.3 Å². The van der Waals surface area contributed by atoms with Gasteiger partial charge in [0.2, 0.25) is 0 Å². The first-order valence-electron chi connectivity index (χ1n) is 8.64. The number of aromatic nitrogens is 1. The second kappa shape index (κ2) is 6.75. The normalized spacial score (nSPS) is 19.5. The zero-order chi connectivity index (χ0) is 17.4. The number of hydrogen-bond donors (Lipinski definition) is 2. The van der Waals surface area contributed by atoms with Gasteiger partial charge in [0.25, 0.3) is 0 Å². The third-order valence-corrected chi connectivity index (χ3v) is 6.01. The molecular weight excluding hydrogens is 332 g/mol. The van der Waals surface area contributed by atoms with Crippen LogP contribution in [-0.2, 0) is 17.5 Å². The largest absolute Gasteiger partial charge is 0.361 e. The summed E-state index contributed by atoms with van der Waals surface area (Å²) >= 11 is -1.99. The topological polar surface area (TPSA) is 56.3 Å². The van der Waals surface area contributed by atoms with Crippen molar-refractivity contribution < 1.29 is 8.76 Å². The van der Waals surface area contributed by atoms with Crippen LogP contribution in [0.5, 0.6) is 0 Å². The number of H-pyrrole nitrogens is 1. The number of hydrogen-bond acceptors (Lipinski definition) is 2. The van der Waals surface area contributed by atoms with Crippen LogP contribution in [0.25, 0.3) is 22.0 Å². The van der Waals surface area contributed by atoms with Crippen molar-refractivity contribution in [3.8, 4) is 11.1 Å². The smallest absolute Gasteiger partial charge is 0.187 e. The molecule has 0 amide bonds. The van der Waals surface area contributed by atoms with Gasteiger partial charge in [-0.2, -0.15) is 0 Å². The average molecular weight is 354 g/mol. The molecule has 0 saturated carbocycles. The summed E-state index contributed by atoms with van der Waals surface area (Å²) in [5.41, 5.74) is 4.22. The summed E-state index contributed by atoms with van der Waals surface area (Å²) in [6.07, 6.45) is 5.66. The monoisotopic (exact) mass is 354 g/mol. The van der Waals surface area contributed by atoms with Crippen LogP contribution < -0.4 is 0 Å². The second-order valence-corrected chi connectivity index (χ2v) is 7.74. The van der Waals surface area contributed by atoms with Crippen LogP contribution in [0.4, 0.5) is 0 Å². The highest BCUT2D eigenvalue weighted by Gasteiger charge is 2.22. The van der Waals surface area contributed by atoms with Crippen molar-refractivity contribution in [2.45, 2.75) is 30.2 Å². The molecule has 130 valence electrons. The number of rotatable bonds is 4. The van der Waals surface area contributed by atoms with Crippen molar-refractivity contribution in [3.05, 3.63) is 54.2 Å². The summed E-state index contributed by atoms with van der Waals surface area (Å²) in [5.74, 6) is 0. The molecule has 3 aromatic rings. The molecule has 0 spiro atoms. The van der Waals surface area contributed by atoms with Crippen molar-refractivity contribution in [2.24, 2.45) is 0 Å². The number of likely N-dealkylation sites (N-methyl/N-ethyl adjacent to an activating group) is 1. The van der Waals surface area contributed by atoms with Crippen LogP contribution in [0, 0.1) is 0 Å². The Hall–Kier alpha value is -1.95. The van der Waals surface area contributed by atoms with Gasteiger partial charge in [-0.3, -0.25) is 0 Å². The Morgan fingerprint density at radius 3 is 2.88 bits per heavy atom. The first-order chi connectivity index (χ1) is 12.1. The number of nitrogens with one attached hydrogen (secondary N) is 1. The molecule has 1 aliphatic rings. The van der Waals surface area contributed by atoms with E-state index in [-0.39, 0.29) is 0 Å². The van der Waals surface area contributed by atoms with Crippen LogP contribution in [0.3, 0.4) is 0 Å². The first kappa shape index (κ1) is 16.5. The molecule has 1 aromatic heterocycles. The molecule has 1 saturated heterocycles. The third kappa shape index (κ3) is 3.15. The van der Waals surface area contributed by atoms with Crippen molar-refractivity contribution in [1.82, 2.24) is 9.88 Å². The van der Waals surface area contributed by atoms with Crippen LogP contribution >= 0.6 is 0 Å². The minimum absolute atomic E-state index is 0.453. The lowest BCUT2D eigenvalue weighted by Crippen LogP contribution is -2.26. The molecule has 25 heavy (non-hydrogen) atoms. The Kier molecular flexibility index (Phi) is 4.46. The molecule has 2 heterocycles. The zero-order valence-corrected chi connectivity index (χ0v) is 15.1. The van der Waals surface area contributed by atoms with E-state index in [0.29, 0.717) is 10.9 Å². The standard InChI is InChI=1S/C20H22N2O2S/c1-22-10-4-5-16(22)11-15-13-21-19-9-8-14(12-18(15)19)17-6-2-3-7-20(17)25(23)24/h2-3,6-9,12-13,16,21H,4-5,10-11H2,1H3,(H,23,24)/t16-/m1/s1. The minimum Gasteiger partial charge on any atom is -0.361 e. The molecule has 5 heteroatoms. The fourth-order valence-electron chi connectivity index (χ4n) is 3.86. The molecule has 2 atom stereocenters. The SMILES string of the molecule is CN1CCC[C@@H]1Cc1c[nH]c2ccc(-c3ccccc3S(=O)O)cc12. The van der Waals surface area contributed by atoms with Gasteiger partial charge < -0.3 is 14.4 Å². The lowest BCUT2D eigenvalue weighted by molar-refractivity contribution is 0.310.